The Kier molecular flexibility index (Phi) is 5.18. The highest BCUT2D eigenvalue weighted by Crippen LogP contribution is 2.83. The van der Waals surface area contributed by atoms with Crippen LogP contribution < -0.4 is 0 Å². The molecule has 0 amide bonds. The van der Waals surface area contributed by atoms with Crippen LogP contribution in [0.25, 0.3) is 0 Å². The quantitative estimate of drug-likeness (QED) is 0.444. The van der Waals surface area contributed by atoms with Gasteiger partial charge in [-0.05, 0) is 115 Å². The van der Waals surface area contributed by atoms with Crippen molar-refractivity contribution in [1.29, 1.82) is 0 Å². The molecular formula is C30H48O. The van der Waals surface area contributed by atoms with Crippen LogP contribution in [0.3, 0.4) is 0 Å². The summed E-state index contributed by atoms with van der Waals surface area (Å²) < 4.78 is 0. The zero-order valence-corrected chi connectivity index (χ0v) is 21.2. The number of aliphatic hydroxyl groups is 1. The fourth-order valence-corrected chi connectivity index (χ4v) is 9.90. The minimum atomic E-state index is -0.0292. The van der Waals surface area contributed by atoms with Crippen LogP contribution in [-0.2, 0) is 0 Å². The van der Waals surface area contributed by atoms with Gasteiger partial charge in [-0.15, -0.1) is 0 Å². The van der Waals surface area contributed by atoms with E-state index in [1.54, 1.807) is 0 Å². The summed E-state index contributed by atoms with van der Waals surface area (Å²) in [6.45, 7) is 14.9. The Morgan fingerprint density at radius 2 is 1.81 bits per heavy atom. The van der Waals surface area contributed by atoms with E-state index in [-0.39, 0.29) is 6.10 Å². The maximum Gasteiger partial charge on any atom is 0.0546 e. The molecule has 5 aliphatic carbocycles. The highest BCUT2D eigenvalue weighted by Gasteiger charge is 2.75. The summed E-state index contributed by atoms with van der Waals surface area (Å²) in [6.07, 6.45) is 20.8. The van der Waals surface area contributed by atoms with Crippen molar-refractivity contribution in [3.63, 3.8) is 0 Å². The summed E-state index contributed by atoms with van der Waals surface area (Å²) in [6, 6.07) is 0. The first-order valence-electron chi connectivity index (χ1n) is 13.7. The van der Waals surface area contributed by atoms with E-state index in [9.17, 15) is 5.11 Å². The Labute approximate surface area is 192 Å². The van der Waals surface area contributed by atoms with E-state index in [1.807, 2.05) is 5.57 Å². The van der Waals surface area contributed by atoms with Gasteiger partial charge in [0.15, 0.2) is 0 Å². The minimum Gasteiger partial charge on any atom is -0.393 e. The molecule has 9 atom stereocenters. The molecule has 1 heteroatoms. The topological polar surface area (TPSA) is 20.2 Å². The standard InChI is InChI=1S/C30H48O/c1-7-22(20(2)3)9-8-21(4)24-11-14-28(6)25-13-16-29-18-23(31)10-17-30(29,19-29)26(25)12-15-27(24,28)5/h8-9,12,20-25,31H,7,10-11,13-19H2,1-6H3/b9-8+/t21-,22-,23+,24-,25-,27-,28+,29-,30+/m1/s1. The molecule has 0 aromatic carbocycles. The lowest BCUT2D eigenvalue weighted by Gasteiger charge is -2.57. The van der Waals surface area contributed by atoms with Gasteiger partial charge in [0.2, 0.25) is 0 Å². The van der Waals surface area contributed by atoms with Gasteiger partial charge in [0.1, 0.15) is 0 Å². The smallest absolute Gasteiger partial charge is 0.0546 e. The molecule has 0 aliphatic heterocycles. The van der Waals surface area contributed by atoms with Crippen LogP contribution in [0, 0.1) is 51.2 Å². The first-order chi connectivity index (χ1) is 14.6. The molecule has 0 heterocycles. The predicted molar refractivity (Wildman–Crippen MR) is 131 cm³/mol. The van der Waals surface area contributed by atoms with Crippen molar-refractivity contribution in [2.45, 2.75) is 112 Å². The Hall–Kier alpha value is -0.560. The van der Waals surface area contributed by atoms with E-state index in [4.69, 9.17) is 0 Å². The summed E-state index contributed by atoms with van der Waals surface area (Å²) >= 11 is 0. The van der Waals surface area contributed by atoms with Crippen LogP contribution >= 0.6 is 0 Å². The second-order valence-corrected chi connectivity index (χ2v) is 13.4. The van der Waals surface area contributed by atoms with Gasteiger partial charge >= 0.3 is 0 Å². The van der Waals surface area contributed by atoms with Crippen molar-refractivity contribution < 1.29 is 5.11 Å². The third kappa shape index (κ3) is 2.90. The maximum absolute atomic E-state index is 10.4. The number of hydrogen-bond donors (Lipinski definition) is 1. The number of allylic oxidation sites excluding steroid dienone is 4. The van der Waals surface area contributed by atoms with E-state index in [2.05, 4.69) is 59.8 Å². The Balaban J connectivity index is 1.41. The summed E-state index contributed by atoms with van der Waals surface area (Å²) in [4.78, 5) is 0. The molecule has 0 saturated heterocycles. The van der Waals surface area contributed by atoms with E-state index >= 15 is 0 Å². The van der Waals surface area contributed by atoms with Crippen molar-refractivity contribution in [3.05, 3.63) is 23.8 Å². The molecule has 5 aliphatic rings. The zero-order chi connectivity index (χ0) is 22.2. The van der Waals surface area contributed by atoms with E-state index in [0.717, 1.165) is 36.5 Å². The summed E-state index contributed by atoms with van der Waals surface area (Å²) in [7, 11) is 0. The van der Waals surface area contributed by atoms with E-state index in [0.29, 0.717) is 27.6 Å². The van der Waals surface area contributed by atoms with Crippen molar-refractivity contribution >= 4 is 0 Å². The van der Waals surface area contributed by atoms with Gasteiger partial charge in [0, 0.05) is 0 Å². The van der Waals surface area contributed by atoms with Crippen molar-refractivity contribution in [3.8, 4) is 0 Å². The maximum atomic E-state index is 10.4. The second kappa shape index (κ2) is 7.22. The van der Waals surface area contributed by atoms with Crippen LogP contribution in [0.5, 0.6) is 0 Å². The molecule has 31 heavy (non-hydrogen) atoms. The fraction of sp³-hybridized carbons (Fsp3) is 0.867. The molecule has 0 aromatic rings. The number of aliphatic hydroxyl groups excluding tert-OH is 1. The Bertz CT molecular complexity index is 773. The minimum absolute atomic E-state index is 0.0292. The zero-order valence-electron chi connectivity index (χ0n) is 21.2. The molecular weight excluding hydrogens is 376 g/mol. The summed E-state index contributed by atoms with van der Waals surface area (Å²) in [5, 5.41) is 10.4. The largest absolute Gasteiger partial charge is 0.393 e. The molecule has 0 unspecified atom stereocenters. The van der Waals surface area contributed by atoms with Gasteiger partial charge in [-0.2, -0.15) is 0 Å². The lowest BCUT2D eigenvalue weighted by Crippen LogP contribution is -2.50. The van der Waals surface area contributed by atoms with Crippen LogP contribution in [-0.4, -0.2) is 11.2 Å². The molecule has 174 valence electrons. The molecule has 0 aromatic heterocycles. The van der Waals surface area contributed by atoms with Crippen LogP contribution in [0.15, 0.2) is 23.8 Å². The van der Waals surface area contributed by atoms with E-state index < -0.39 is 0 Å². The summed E-state index contributed by atoms with van der Waals surface area (Å²) in [5.41, 5.74) is 3.75. The van der Waals surface area contributed by atoms with Gasteiger partial charge in [0.05, 0.1) is 6.10 Å². The van der Waals surface area contributed by atoms with Gasteiger partial charge in [0.25, 0.3) is 0 Å². The SMILES string of the molecule is CC[C@H](/C=C/[C@@H](C)[C@H]1CC[C@@]2(C)[C@@H]3CC[C@]45C[C@@H](O)CC[C@]4(C5)C3=CC[C@]12C)C(C)C. The molecule has 0 spiro atoms. The molecule has 0 bridgehead atoms. The Morgan fingerprint density at radius 3 is 2.52 bits per heavy atom. The predicted octanol–water partition coefficient (Wildman–Crippen LogP) is 7.94. The molecule has 1 nitrogen and oxygen atoms in total. The van der Waals surface area contributed by atoms with Gasteiger partial charge in [-0.25, -0.2) is 0 Å². The lowest BCUT2D eigenvalue weighted by molar-refractivity contribution is -0.0294. The highest BCUT2D eigenvalue weighted by atomic mass is 16.3. The number of hydrogen-bond acceptors (Lipinski definition) is 1. The first-order valence-corrected chi connectivity index (χ1v) is 13.7. The molecule has 1 N–H and O–H groups in total. The third-order valence-electron chi connectivity index (χ3n) is 12.1. The second-order valence-electron chi connectivity index (χ2n) is 13.4. The number of fused-ring (bicyclic) bond motifs is 3. The van der Waals surface area contributed by atoms with Crippen molar-refractivity contribution in [2.24, 2.45) is 51.2 Å². The van der Waals surface area contributed by atoms with E-state index in [1.165, 1.54) is 51.4 Å². The molecule has 4 saturated carbocycles. The Morgan fingerprint density at radius 1 is 1.03 bits per heavy atom. The lowest BCUT2D eigenvalue weighted by atomic mass is 9.47. The highest BCUT2D eigenvalue weighted by molar-refractivity contribution is 5.41. The molecule has 4 fully saturated rings. The van der Waals surface area contributed by atoms with Gasteiger partial charge in [-0.3, -0.25) is 0 Å². The van der Waals surface area contributed by atoms with Crippen LogP contribution in [0.1, 0.15) is 106 Å². The summed E-state index contributed by atoms with van der Waals surface area (Å²) in [5.74, 6) is 3.77. The van der Waals surface area contributed by atoms with Gasteiger partial charge in [-0.1, -0.05) is 65.3 Å². The molecule has 5 rings (SSSR count). The van der Waals surface area contributed by atoms with Gasteiger partial charge < -0.3 is 5.11 Å². The average molecular weight is 425 g/mol. The van der Waals surface area contributed by atoms with Crippen LogP contribution in [0.2, 0.25) is 0 Å². The molecule has 0 radical (unpaired) electrons. The van der Waals surface area contributed by atoms with Crippen molar-refractivity contribution in [2.75, 3.05) is 0 Å². The average Bonchev–Trinajstić information content (AvgIpc) is 3.32. The normalized spacial score (nSPS) is 50.3. The first kappa shape index (κ1) is 22.2. The monoisotopic (exact) mass is 424 g/mol. The van der Waals surface area contributed by atoms with Crippen LogP contribution in [0.4, 0.5) is 0 Å². The van der Waals surface area contributed by atoms with Crippen molar-refractivity contribution in [1.82, 2.24) is 0 Å². The fourth-order valence-electron chi connectivity index (χ4n) is 9.90. The third-order valence-corrected chi connectivity index (χ3v) is 12.1. The number of rotatable bonds is 5.